The van der Waals surface area contributed by atoms with Crippen LogP contribution in [0.15, 0.2) is 0 Å². The molecule has 0 spiro atoms. The van der Waals surface area contributed by atoms with Crippen LogP contribution in [0.4, 0.5) is 0 Å². The highest BCUT2D eigenvalue weighted by Crippen LogP contribution is 2.30. The van der Waals surface area contributed by atoms with Crippen molar-refractivity contribution in [3.8, 4) is 0 Å². The van der Waals surface area contributed by atoms with Gasteiger partial charge in [-0.3, -0.25) is 0 Å². The maximum absolute atomic E-state index is 9.87. The topological polar surface area (TPSA) is 169 Å². The minimum absolute atomic E-state index is 0.628. The summed E-state index contributed by atoms with van der Waals surface area (Å²) in [6, 6.07) is 0. The molecular weight excluding hydrogens is 304 g/mol. The molecule has 0 bridgehead atoms. The lowest BCUT2D eigenvalue weighted by molar-refractivity contribution is -0.319. The smallest absolute Gasteiger partial charge is 0.187 e. The van der Waals surface area contributed by atoms with Crippen LogP contribution in [-0.2, 0) is 14.2 Å². The molecule has 130 valence electrons. The van der Waals surface area contributed by atoms with Crippen LogP contribution in [0.5, 0.6) is 0 Å². The molecule has 0 saturated carbocycles. The Bertz CT molecular complexity index is 364. The molecule has 0 amide bonds. The molecule has 2 saturated heterocycles. The largest absolute Gasteiger partial charge is 0.394 e. The van der Waals surface area contributed by atoms with Crippen molar-refractivity contribution >= 4 is 0 Å². The summed E-state index contributed by atoms with van der Waals surface area (Å²) in [6.07, 6.45) is -14.0. The van der Waals surface area contributed by atoms with Gasteiger partial charge in [-0.05, 0) is 6.92 Å². The predicted octanol–water partition coefficient (Wildman–Crippen LogP) is -4.37. The van der Waals surface area contributed by atoms with E-state index >= 15 is 0 Å². The molecule has 0 aliphatic carbocycles. The fourth-order valence-corrected chi connectivity index (χ4v) is 2.56. The molecule has 0 aromatic heterocycles. The quantitative estimate of drug-likeness (QED) is 0.268. The van der Waals surface area contributed by atoms with Gasteiger partial charge < -0.3 is 50.0 Å². The average molecular weight is 326 g/mol. The molecule has 2 rings (SSSR count). The van der Waals surface area contributed by atoms with E-state index in [-0.39, 0.29) is 0 Å². The summed E-state index contributed by atoms with van der Waals surface area (Å²) in [5.74, 6) is 0. The third-order valence-corrected chi connectivity index (χ3v) is 3.86. The van der Waals surface area contributed by atoms with E-state index in [4.69, 9.17) is 19.3 Å². The molecule has 0 aromatic rings. The molecule has 7 N–H and O–H groups in total. The molecule has 0 radical (unpaired) electrons. The molecule has 10 heteroatoms. The summed E-state index contributed by atoms with van der Waals surface area (Å²) in [5.41, 5.74) is 0. The van der Waals surface area contributed by atoms with Crippen molar-refractivity contribution in [1.29, 1.82) is 0 Å². The van der Waals surface area contributed by atoms with Crippen molar-refractivity contribution in [2.75, 3.05) is 6.61 Å². The zero-order valence-corrected chi connectivity index (χ0v) is 11.8. The maximum atomic E-state index is 9.87. The number of aliphatic hydroxyl groups excluding tert-OH is 7. The average Bonchev–Trinajstić information content (AvgIpc) is 2.76. The van der Waals surface area contributed by atoms with Crippen molar-refractivity contribution < 1.29 is 50.0 Å². The molecule has 0 unspecified atom stereocenters. The number of hydrogen-bond donors (Lipinski definition) is 7. The normalized spacial score (nSPS) is 51.0. The Balaban J connectivity index is 2.10. The van der Waals surface area contributed by atoms with E-state index in [9.17, 15) is 30.6 Å². The number of hydrogen-bond acceptors (Lipinski definition) is 10. The summed E-state index contributed by atoms with van der Waals surface area (Å²) < 4.78 is 15.4. The first-order valence-corrected chi connectivity index (χ1v) is 6.93. The standard InChI is InChI=1S/C12H22O10/c1-3(14)9-10(8(18)11(19)21-9)22-12-7(17)6(16)5(15)4(2-13)20-12/h3-19H,2H2,1H3/t3-,4-,5-,6+,7-,8-,9+,10-,11+,12-/m1/s1. The van der Waals surface area contributed by atoms with Gasteiger partial charge in [-0.2, -0.15) is 0 Å². The van der Waals surface area contributed by atoms with Gasteiger partial charge in [0.2, 0.25) is 0 Å². The van der Waals surface area contributed by atoms with Crippen molar-refractivity contribution in [3.05, 3.63) is 0 Å². The van der Waals surface area contributed by atoms with Gasteiger partial charge in [0.1, 0.15) is 42.7 Å². The van der Waals surface area contributed by atoms with Crippen LogP contribution in [0, 0.1) is 0 Å². The van der Waals surface area contributed by atoms with Crippen LogP contribution >= 0.6 is 0 Å². The molecule has 0 aromatic carbocycles. The summed E-state index contributed by atoms with van der Waals surface area (Å²) in [7, 11) is 0. The SMILES string of the molecule is C[C@@H](O)[C@@H]1O[C@H](O)[C@H](O)[C@H]1O[C@H]1O[C@H](CO)[C@@H](O)[C@H](O)[C@H]1O. The van der Waals surface area contributed by atoms with Gasteiger partial charge in [0, 0.05) is 0 Å². The molecule has 2 heterocycles. The van der Waals surface area contributed by atoms with Gasteiger partial charge in [0.25, 0.3) is 0 Å². The lowest BCUT2D eigenvalue weighted by Crippen LogP contribution is -2.60. The zero-order valence-electron chi connectivity index (χ0n) is 11.8. The first-order valence-electron chi connectivity index (χ1n) is 6.93. The van der Waals surface area contributed by atoms with E-state index in [0.717, 1.165) is 0 Å². The predicted molar refractivity (Wildman–Crippen MR) is 67.2 cm³/mol. The van der Waals surface area contributed by atoms with Crippen molar-refractivity contribution in [1.82, 2.24) is 0 Å². The highest BCUT2D eigenvalue weighted by atomic mass is 16.7. The molecule has 2 aliphatic heterocycles. The third kappa shape index (κ3) is 3.26. The Kier molecular flexibility index (Phi) is 5.72. The Labute approximate surface area is 126 Å². The molecule has 10 nitrogen and oxygen atoms in total. The molecule has 22 heavy (non-hydrogen) atoms. The van der Waals surface area contributed by atoms with Crippen LogP contribution in [0.2, 0.25) is 0 Å². The number of ether oxygens (including phenoxy) is 3. The Hall–Kier alpha value is -0.400. The van der Waals surface area contributed by atoms with Gasteiger partial charge in [-0.1, -0.05) is 0 Å². The van der Waals surface area contributed by atoms with Crippen molar-refractivity contribution in [2.45, 2.75) is 68.3 Å². The van der Waals surface area contributed by atoms with Gasteiger partial charge in [0.05, 0.1) is 12.7 Å². The monoisotopic (exact) mass is 326 g/mol. The van der Waals surface area contributed by atoms with Crippen molar-refractivity contribution in [2.24, 2.45) is 0 Å². The number of aliphatic hydroxyl groups is 7. The van der Waals surface area contributed by atoms with E-state index in [2.05, 4.69) is 0 Å². The third-order valence-electron chi connectivity index (χ3n) is 3.86. The van der Waals surface area contributed by atoms with E-state index < -0.39 is 68.0 Å². The second-order valence-electron chi connectivity index (χ2n) is 5.52. The number of rotatable bonds is 4. The van der Waals surface area contributed by atoms with Crippen LogP contribution in [0.25, 0.3) is 0 Å². The van der Waals surface area contributed by atoms with E-state index in [1.807, 2.05) is 0 Å². The van der Waals surface area contributed by atoms with E-state index in [0.29, 0.717) is 0 Å². The zero-order chi connectivity index (χ0) is 16.6. The summed E-state index contributed by atoms with van der Waals surface area (Å²) in [5, 5.41) is 67.2. The van der Waals surface area contributed by atoms with Crippen LogP contribution in [-0.4, -0.2) is 104 Å². The van der Waals surface area contributed by atoms with Crippen molar-refractivity contribution in [3.63, 3.8) is 0 Å². The lowest BCUT2D eigenvalue weighted by atomic mass is 9.99. The minimum atomic E-state index is -1.66. The Morgan fingerprint density at radius 3 is 2.14 bits per heavy atom. The molecule has 2 fully saturated rings. The second-order valence-corrected chi connectivity index (χ2v) is 5.52. The van der Waals surface area contributed by atoms with E-state index in [1.54, 1.807) is 0 Å². The Morgan fingerprint density at radius 2 is 1.59 bits per heavy atom. The van der Waals surface area contributed by atoms with Crippen LogP contribution in [0.1, 0.15) is 6.92 Å². The van der Waals surface area contributed by atoms with E-state index in [1.165, 1.54) is 6.92 Å². The summed E-state index contributed by atoms with van der Waals surface area (Å²) in [4.78, 5) is 0. The Morgan fingerprint density at radius 1 is 0.955 bits per heavy atom. The first-order chi connectivity index (χ1) is 10.3. The fraction of sp³-hybridized carbons (Fsp3) is 1.00. The lowest BCUT2D eigenvalue weighted by Gasteiger charge is -2.41. The molecule has 10 atom stereocenters. The summed E-state index contributed by atoms with van der Waals surface area (Å²) in [6.45, 7) is 0.732. The molecular formula is C12H22O10. The second kappa shape index (κ2) is 7.01. The van der Waals surface area contributed by atoms with Gasteiger partial charge >= 0.3 is 0 Å². The maximum Gasteiger partial charge on any atom is 0.187 e. The van der Waals surface area contributed by atoms with Gasteiger partial charge in [-0.15, -0.1) is 0 Å². The minimum Gasteiger partial charge on any atom is -0.394 e. The fourth-order valence-electron chi connectivity index (χ4n) is 2.56. The van der Waals surface area contributed by atoms with Gasteiger partial charge in [0.15, 0.2) is 12.6 Å². The van der Waals surface area contributed by atoms with Crippen LogP contribution in [0.3, 0.4) is 0 Å². The van der Waals surface area contributed by atoms with Gasteiger partial charge in [-0.25, -0.2) is 0 Å². The summed E-state index contributed by atoms with van der Waals surface area (Å²) >= 11 is 0. The highest BCUT2D eigenvalue weighted by molar-refractivity contribution is 4.94. The first kappa shape index (κ1) is 17.9. The molecule has 2 aliphatic rings. The van der Waals surface area contributed by atoms with Crippen LogP contribution < -0.4 is 0 Å². The highest BCUT2D eigenvalue weighted by Gasteiger charge is 2.51.